The monoisotopic (exact) mass is 279 g/mol. The molecule has 2 nitrogen and oxygen atoms in total. The van der Waals surface area contributed by atoms with Crippen LogP contribution in [0.15, 0.2) is 29.2 Å². The first kappa shape index (κ1) is 16.1. The van der Waals surface area contributed by atoms with Gasteiger partial charge in [0.2, 0.25) is 0 Å². The molecule has 0 heterocycles. The number of hydrogen-bond donors (Lipinski definition) is 0. The molecule has 0 unspecified atom stereocenters. The Hall–Kier alpha value is -0.960. The summed E-state index contributed by atoms with van der Waals surface area (Å²) in [5.41, 5.74) is 0.791. The van der Waals surface area contributed by atoms with Crippen LogP contribution < -0.4 is 0 Å². The Morgan fingerprint density at radius 1 is 1.05 bits per heavy atom. The lowest BCUT2D eigenvalue weighted by molar-refractivity contribution is 0.0715. The van der Waals surface area contributed by atoms with Gasteiger partial charge in [-0.2, -0.15) is 0 Å². The molecule has 1 aromatic rings. The van der Waals surface area contributed by atoms with Crippen LogP contribution in [0.1, 0.15) is 38.1 Å². The van der Waals surface area contributed by atoms with E-state index in [9.17, 15) is 4.79 Å². The Kier molecular flexibility index (Phi) is 6.43. The fourth-order valence-corrected chi connectivity index (χ4v) is 2.45. The average molecular weight is 279 g/mol. The zero-order chi connectivity index (χ0) is 14.4. The van der Waals surface area contributed by atoms with Gasteiger partial charge in [-0.1, -0.05) is 27.7 Å². The van der Waals surface area contributed by atoms with Crippen LogP contribution in [-0.2, 0) is 0 Å². The lowest BCUT2D eigenvalue weighted by Gasteiger charge is -2.26. The number of nitrogens with zero attached hydrogens (tertiary/aromatic N) is 1. The number of carbonyl (C=O) groups is 1. The second-order valence-corrected chi connectivity index (χ2v) is 6.61. The molecule has 1 aromatic carbocycles. The van der Waals surface area contributed by atoms with Crippen molar-refractivity contribution < 1.29 is 4.79 Å². The second kappa shape index (κ2) is 7.59. The van der Waals surface area contributed by atoms with Crippen molar-refractivity contribution in [3.8, 4) is 0 Å². The molecule has 0 aliphatic carbocycles. The van der Waals surface area contributed by atoms with Gasteiger partial charge in [0.15, 0.2) is 0 Å². The fraction of sp³-hybridized carbons (Fsp3) is 0.562. The second-order valence-electron chi connectivity index (χ2n) is 5.73. The molecule has 0 saturated carbocycles. The van der Waals surface area contributed by atoms with E-state index in [1.807, 2.05) is 35.4 Å². The Bertz CT molecular complexity index is 388. The maximum Gasteiger partial charge on any atom is 0.253 e. The van der Waals surface area contributed by atoms with E-state index in [0.717, 1.165) is 18.7 Å². The lowest BCUT2D eigenvalue weighted by Crippen LogP contribution is -2.37. The van der Waals surface area contributed by atoms with E-state index in [1.165, 1.54) is 4.90 Å². The molecule has 0 aliphatic rings. The van der Waals surface area contributed by atoms with Gasteiger partial charge in [0.05, 0.1) is 0 Å². The molecule has 19 heavy (non-hydrogen) atoms. The van der Waals surface area contributed by atoms with Crippen LogP contribution in [0, 0.1) is 11.8 Å². The summed E-state index contributed by atoms with van der Waals surface area (Å²) in [5.74, 6) is 1.14. The standard InChI is InChI=1S/C16H25NOS/c1-12(2)10-17(11-13(3)4)16(18)14-6-8-15(19-5)9-7-14/h6-9,12-13H,10-11H2,1-5H3. The van der Waals surface area contributed by atoms with Crippen LogP contribution >= 0.6 is 11.8 Å². The van der Waals surface area contributed by atoms with Gasteiger partial charge in [0, 0.05) is 23.5 Å². The molecule has 0 radical (unpaired) electrons. The minimum Gasteiger partial charge on any atom is -0.338 e. The number of carbonyl (C=O) groups excluding carboxylic acids is 1. The lowest BCUT2D eigenvalue weighted by atomic mass is 10.1. The van der Waals surface area contributed by atoms with Crippen molar-refractivity contribution in [1.82, 2.24) is 4.90 Å². The summed E-state index contributed by atoms with van der Waals surface area (Å²) in [6, 6.07) is 7.89. The van der Waals surface area contributed by atoms with E-state index in [0.29, 0.717) is 11.8 Å². The third kappa shape index (κ3) is 5.27. The fourth-order valence-electron chi connectivity index (χ4n) is 2.04. The largest absolute Gasteiger partial charge is 0.338 e. The van der Waals surface area contributed by atoms with E-state index in [4.69, 9.17) is 0 Å². The predicted molar refractivity (Wildman–Crippen MR) is 83.8 cm³/mol. The van der Waals surface area contributed by atoms with E-state index >= 15 is 0 Å². The minimum absolute atomic E-state index is 0.148. The highest BCUT2D eigenvalue weighted by Crippen LogP contribution is 2.17. The number of amides is 1. The summed E-state index contributed by atoms with van der Waals surface area (Å²) in [5, 5.41) is 0. The average Bonchev–Trinajstić information content (AvgIpc) is 2.36. The Morgan fingerprint density at radius 2 is 1.53 bits per heavy atom. The maximum absolute atomic E-state index is 12.5. The molecular formula is C16H25NOS. The third-order valence-electron chi connectivity index (χ3n) is 2.80. The molecule has 0 fully saturated rings. The molecule has 1 rings (SSSR count). The molecule has 0 spiro atoms. The van der Waals surface area contributed by atoms with Crippen LogP contribution in [-0.4, -0.2) is 30.2 Å². The summed E-state index contributed by atoms with van der Waals surface area (Å²) in [7, 11) is 0. The molecule has 0 N–H and O–H groups in total. The van der Waals surface area contributed by atoms with Gasteiger partial charge in [0.25, 0.3) is 5.91 Å². The van der Waals surface area contributed by atoms with Crippen LogP contribution in [0.2, 0.25) is 0 Å². The number of benzene rings is 1. The van der Waals surface area contributed by atoms with Crippen LogP contribution in [0.25, 0.3) is 0 Å². The van der Waals surface area contributed by atoms with E-state index < -0.39 is 0 Å². The maximum atomic E-state index is 12.5. The third-order valence-corrected chi connectivity index (χ3v) is 3.54. The Morgan fingerprint density at radius 3 is 1.89 bits per heavy atom. The quantitative estimate of drug-likeness (QED) is 0.729. The summed E-state index contributed by atoms with van der Waals surface area (Å²) < 4.78 is 0. The molecule has 0 atom stereocenters. The molecule has 0 bridgehead atoms. The Balaban J connectivity index is 2.84. The molecule has 0 saturated heterocycles. The van der Waals surface area contributed by atoms with Crippen molar-refractivity contribution in [2.45, 2.75) is 32.6 Å². The minimum atomic E-state index is 0.148. The van der Waals surface area contributed by atoms with Crippen molar-refractivity contribution in [2.24, 2.45) is 11.8 Å². The topological polar surface area (TPSA) is 20.3 Å². The van der Waals surface area contributed by atoms with E-state index in [-0.39, 0.29) is 5.91 Å². The highest BCUT2D eigenvalue weighted by atomic mass is 32.2. The normalized spacial score (nSPS) is 11.1. The summed E-state index contributed by atoms with van der Waals surface area (Å²) in [6.45, 7) is 10.2. The zero-order valence-corrected chi connectivity index (χ0v) is 13.5. The van der Waals surface area contributed by atoms with Gasteiger partial charge in [-0.15, -0.1) is 11.8 Å². The van der Waals surface area contributed by atoms with E-state index in [1.54, 1.807) is 11.8 Å². The molecular weight excluding hydrogens is 254 g/mol. The Labute approximate surface area is 121 Å². The van der Waals surface area contributed by atoms with Crippen molar-refractivity contribution in [3.05, 3.63) is 29.8 Å². The first-order valence-electron chi connectivity index (χ1n) is 6.87. The van der Waals surface area contributed by atoms with Crippen LogP contribution in [0.5, 0.6) is 0 Å². The first-order chi connectivity index (χ1) is 8.93. The van der Waals surface area contributed by atoms with Crippen molar-refractivity contribution in [2.75, 3.05) is 19.3 Å². The summed E-state index contributed by atoms with van der Waals surface area (Å²) in [4.78, 5) is 15.7. The number of thioether (sulfide) groups is 1. The molecule has 0 aliphatic heterocycles. The number of hydrogen-bond acceptors (Lipinski definition) is 2. The summed E-state index contributed by atoms with van der Waals surface area (Å²) >= 11 is 1.69. The van der Waals surface area contributed by atoms with Gasteiger partial charge >= 0.3 is 0 Å². The summed E-state index contributed by atoms with van der Waals surface area (Å²) in [6.07, 6.45) is 2.04. The van der Waals surface area contributed by atoms with Crippen LogP contribution in [0.4, 0.5) is 0 Å². The SMILES string of the molecule is CSc1ccc(C(=O)N(CC(C)C)CC(C)C)cc1. The van der Waals surface area contributed by atoms with Gasteiger partial charge in [-0.3, -0.25) is 4.79 Å². The van der Waals surface area contributed by atoms with Gasteiger partial charge < -0.3 is 4.90 Å². The zero-order valence-electron chi connectivity index (χ0n) is 12.6. The molecule has 0 aromatic heterocycles. The van der Waals surface area contributed by atoms with Crippen molar-refractivity contribution >= 4 is 17.7 Å². The smallest absolute Gasteiger partial charge is 0.253 e. The van der Waals surface area contributed by atoms with Gasteiger partial charge in [0.1, 0.15) is 0 Å². The number of rotatable bonds is 6. The molecule has 1 amide bonds. The van der Waals surface area contributed by atoms with E-state index in [2.05, 4.69) is 27.7 Å². The predicted octanol–water partition coefficient (Wildman–Crippen LogP) is 4.16. The highest BCUT2D eigenvalue weighted by molar-refractivity contribution is 7.98. The highest BCUT2D eigenvalue weighted by Gasteiger charge is 2.17. The first-order valence-corrected chi connectivity index (χ1v) is 8.09. The van der Waals surface area contributed by atoms with Crippen LogP contribution in [0.3, 0.4) is 0 Å². The van der Waals surface area contributed by atoms with Gasteiger partial charge in [-0.25, -0.2) is 0 Å². The van der Waals surface area contributed by atoms with Gasteiger partial charge in [-0.05, 0) is 42.4 Å². The van der Waals surface area contributed by atoms with Crippen molar-refractivity contribution in [3.63, 3.8) is 0 Å². The molecule has 106 valence electrons. The molecule has 3 heteroatoms. The van der Waals surface area contributed by atoms with Crippen molar-refractivity contribution in [1.29, 1.82) is 0 Å².